The summed E-state index contributed by atoms with van der Waals surface area (Å²) in [5.41, 5.74) is 9.32. The Bertz CT molecular complexity index is 1560. The summed E-state index contributed by atoms with van der Waals surface area (Å²) < 4.78 is 28.5. The third-order valence-corrected chi connectivity index (χ3v) is 7.38. The van der Waals surface area contributed by atoms with E-state index in [4.69, 9.17) is 0 Å². The average molecular weight is 503 g/mol. The predicted molar refractivity (Wildman–Crippen MR) is 147 cm³/mol. The molecule has 0 saturated heterocycles. The molecule has 0 aliphatic carbocycles. The molecule has 1 N–H and O–H groups in total. The molecule has 4 aromatic rings. The van der Waals surface area contributed by atoms with Gasteiger partial charge >= 0.3 is 0 Å². The van der Waals surface area contributed by atoms with Crippen molar-refractivity contribution >= 4 is 38.6 Å². The van der Waals surface area contributed by atoms with Crippen LogP contribution in [0.3, 0.4) is 0 Å². The average Bonchev–Trinajstić information content (AvgIpc) is 3.09. The van der Waals surface area contributed by atoms with Gasteiger partial charge in [0.05, 0.1) is 23.8 Å². The summed E-state index contributed by atoms with van der Waals surface area (Å²) in [6.45, 7) is 7.82. The van der Waals surface area contributed by atoms with E-state index in [2.05, 4.69) is 41.1 Å². The fraction of sp³-hybridized carbons (Fsp3) is 0.214. The Morgan fingerprint density at radius 3 is 2.31 bits per heavy atom. The number of aryl methyl sites for hydroxylation is 3. The highest BCUT2D eigenvalue weighted by atomic mass is 32.2. The highest BCUT2D eigenvalue weighted by molar-refractivity contribution is 7.92. The first-order valence-corrected chi connectivity index (χ1v) is 13.5. The fourth-order valence-electron chi connectivity index (χ4n) is 4.57. The van der Waals surface area contributed by atoms with E-state index in [1.54, 1.807) is 18.3 Å². The number of hydrogen-bond acceptors (Lipinski definition) is 4. The number of hydrogen-bond donors (Lipinski definition) is 1. The summed E-state index contributed by atoms with van der Waals surface area (Å²) >= 11 is 0. The van der Waals surface area contributed by atoms with Crippen LogP contribution >= 0.6 is 0 Å². The van der Waals surface area contributed by atoms with E-state index in [0.29, 0.717) is 5.69 Å². The molecule has 7 nitrogen and oxygen atoms in total. The molecule has 1 amide bonds. The van der Waals surface area contributed by atoms with Gasteiger partial charge < -0.3 is 4.57 Å². The number of sulfonamides is 1. The van der Waals surface area contributed by atoms with Crippen LogP contribution in [0.25, 0.3) is 16.5 Å². The minimum Gasteiger partial charge on any atom is -0.317 e. The number of anilines is 1. The number of carbonyl (C=O) groups is 1. The largest absolute Gasteiger partial charge is 0.317 e. The van der Waals surface area contributed by atoms with Gasteiger partial charge in [-0.25, -0.2) is 13.8 Å². The minimum absolute atomic E-state index is 0.383. The molecule has 3 aromatic carbocycles. The molecule has 0 atom stereocenters. The molecule has 8 heteroatoms. The third-order valence-electron chi connectivity index (χ3n) is 6.25. The lowest BCUT2D eigenvalue weighted by molar-refractivity contribution is -0.119. The molecule has 1 heterocycles. The van der Waals surface area contributed by atoms with Crippen molar-refractivity contribution < 1.29 is 13.2 Å². The van der Waals surface area contributed by atoms with Crippen LogP contribution in [-0.2, 0) is 14.8 Å². The summed E-state index contributed by atoms with van der Waals surface area (Å²) in [4.78, 5) is 12.7. The van der Waals surface area contributed by atoms with Gasteiger partial charge in [0.15, 0.2) is 0 Å². The van der Waals surface area contributed by atoms with E-state index in [0.717, 1.165) is 44.0 Å². The maximum atomic E-state index is 12.7. The number of para-hydroxylation sites is 1. The zero-order chi connectivity index (χ0) is 26.0. The van der Waals surface area contributed by atoms with Crippen molar-refractivity contribution in [1.29, 1.82) is 0 Å². The Labute approximate surface area is 212 Å². The quantitative estimate of drug-likeness (QED) is 0.292. The molecule has 0 spiro atoms. The van der Waals surface area contributed by atoms with Crippen LogP contribution in [0.1, 0.15) is 28.1 Å². The molecule has 36 heavy (non-hydrogen) atoms. The van der Waals surface area contributed by atoms with Crippen LogP contribution in [0.5, 0.6) is 0 Å². The number of nitrogens with one attached hydrogen (secondary N) is 1. The van der Waals surface area contributed by atoms with Crippen LogP contribution in [0.4, 0.5) is 5.69 Å². The topological polar surface area (TPSA) is 83.8 Å². The van der Waals surface area contributed by atoms with Crippen LogP contribution in [0.15, 0.2) is 71.8 Å². The molecule has 0 aliphatic heterocycles. The maximum absolute atomic E-state index is 12.7. The van der Waals surface area contributed by atoms with E-state index >= 15 is 0 Å². The Balaban J connectivity index is 1.55. The fourth-order valence-corrected chi connectivity index (χ4v) is 5.44. The van der Waals surface area contributed by atoms with E-state index in [-0.39, 0.29) is 6.54 Å². The van der Waals surface area contributed by atoms with Crippen molar-refractivity contribution in [2.75, 3.05) is 17.1 Å². The molecule has 0 saturated carbocycles. The molecule has 186 valence electrons. The van der Waals surface area contributed by atoms with Crippen molar-refractivity contribution in [2.24, 2.45) is 5.10 Å². The van der Waals surface area contributed by atoms with Crippen LogP contribution in [-0.4, -0.2) is 37.9 Å². The zero-order valence-electron chi connectivity index (χ0n) is 21.1. The summed E-state index contributed by atoms with van der Waals surface area (Å²) in [7, 11) is -3.71. The minimum atomic E-state index is -3.71. The maximum Gasteiger partial charge on any atom is 0.260 e. The number of nitrogens with zero attached hydrogens (tertiary/aromatic N) is 3. The molecule has 0 unspecified atom stereocenters. The van der Waals surface area contributed by atoms with Crippen LogP contribution in [0.2, 0.25) is 0 Å². The van der Waals surface area contributed by atoms with Gasteiger partial charge in [-0.05, 0) is 56.3 Å². The number of benzene rings is 3. The summed E-state index contributed by atoms with van der Waals surface area (Å²) in [5.74, 6) is -0.534. The number of fused-ring (bicyclic) bond motifs is 1. The van der Waals surface area contributed by atoms with Gasteiger partial charge in [-0.2, -0.15) is 5.10 Å². The van der Waals surface area contributed by atoms with Crippen molar-refractivity contribution in [2.45, 2.75) is 27.7 Å². The number of carbonyl (C=O) groups excluding carboxylic acids is 1. The molecule has 0 fully saturated rings. The number of rotatable bonds is 7. The van der Waals surface area contributed by atoms with Gasteiger partial charge in [-0.1, -0.05) is 54.6 Å². The Morgan fingerprint density at radius 1 is 0.972 bits per heavy atom. The lowest BCUT2D eigenvalue weighted by Gasteiger charge is -2.23. The van der Waals surface area contributed by atoms with E-state index in [1.807, 2.05) is 56.3 Å². The van der Waals surface area contributed by atoms with Crippen molar-refractivity contribution in [1.82, 2.24) is 9.99 Å². The second kappa shape index (κ2) is 9.99. The normalized spacial score (nSPS) is 11.8. The third kappa shape index (κ3) is 5.04. The van der Waals surface area contributed by atoms with Gasteiger partial charge in [0.25, 0.3) is 5.91 Å². The lowest BCUT2D eigenvalue weighted by atomic mass is 10.1. The van der Waals surface area contributed by atoms with Crippen LogP contribution in [0, 0.1) is 27.7 Å². The highest BCUT2D eigenvalue weighted by Crippen LogP contribution is 2.28. The van der Waals surface area contributed by atoms with Crippen molar-refractivity contribution in [3.63, 3.8) is 0 Å². The van der Waals surface area contributed by atoms with Gasteiger partial charge in [0, 0.05) is 22.3 Å². The first kappa shape index (κ1) is 25.2. The van der Waals surface area contributed by atoms with Gasteiger partial charge in [-0.15, -0.1) is 0 Å². The van der Waals surface area contributed by atoms with Gasteiger partial charge in [-0.3, -0.25) is 9.10 Å². The molecule has 1 aromatic heterocycles. The molecule has 4 rings (SSSR count). The second-order valence-corrected chi connectivity index (χ2v) is 10.9. The molecule has 0 bridgehead atoms. The van der Waals surface area contributed by atoms with E-state index < -0.39 is 15.9 Å². The Kier molecular flexibility index (Phi) is 6.99. The molecule has 0 radical (unpaired) electrons. The SMILES string of the molecule is Cc1cccc(C)c1-n1c(C)cc(C=NNC(=O)CN(c2cccc3ccccc23)S(C)(=O)=O)c1C. The van der Waals surface area contributed by atoms with E-state index in [9.17, 15) is 13.2 Å². The first-order valence-electron chi connectivity index (χ1n) is 11.6. The van der Waals surface area contributed by atoms with E-state index in [1.165, 1.54) is 11.1 Å². The summed E-state index contributed by atoms with van der Waals surface area (Å²) in [6, 6.07) is 21.1. The number of hydrazone groups is 1. The Hall–Kier alpha value is -3.91. The standard InChI is InChI=1S/C28H30N4O3S/c1-19-10-8-11-20(2)28(19)32-21(3)16-24(22(32)4)17-29-30-27(33)18-31(36(5,34)35)26-15-9-13-23-12-6-7-14-25(23)26/h6-17H,18H2,1-5H3,(H,30,33). The number of aromatic nitrogens is 1. The zero-order valence-corrected chi connectivity index (χ0v) is 21.9. The highest BCUT2D eigenvalue weighted by Gasteiger charge is 2.22. The lowest BCUT2D eigenvalue weighted by Crippen LogP contribution is -2.39. The van der Waals surface area contributed by atoms with Crippen LogP contribution < -0.4 is 9.73 Å². The van der Waals surface area contributed by atoms with Crippen molar-refractivity contribution in [3.8, 4) is 5.69 Å². The predicted octanol–water partition coefficient (Wildman–Crippen LogP) is 4.78. The summed E-state index contributed by atoms with van der Waals surface area (Å²) in [5, 5.41) is 5.77. The van der Waals surface area contributed by atoms with Crippen molar-refractivity contribution in [3.05, 3.63) is 94.8 Å². The summed E-state index contributed by atoms with van der Waals surface area (Å²) in [6.07, 6.45) is 2.68. The molecular weight excluding hydrogens is 472 g/mol. The Morgan fingerprint density at radius 2 is 1.61 bits per heavy atom. The first-order chi connectivity index (χ1) is 17.1. The van der Waals surface area contributed by atoms with Gasteiger partial charge in [0.1, 0.15) is 6.54 Å². The van der Waals surface area contributed by atoms with Gasteiger partial charge in [0.2, 0.25) is 10.0 Å². The number of amides is 1. The molecule has 0 aliphatic rings. The smallest absolute Gasteiger partial charge is 0.260 e. The monoisotopic (exact) mass is 502 g/mol. The second-order valence-electron chi connectivity index (χ2n) is 8.96. The molecular formula is C28H30N4O3S.